The molecule has 0 amide bonds. The van der Waals surface area contributed by atoms with Gasteiger partial charge in [-0.05, 0) is 24.6 Å². The van der Waals surface area contributed by atoms with Crippen molar-refractivity contribution in [3.63, 3.8) is 0 Å². The van der Waals surface area contributed by atoms with Gasteiger partial charge in [0, 0.05) is 29.0 Å². The quantitative estimate of drug-likeness (QED) is 0.930. The van der Waals surface area contributed by atoms with Gasteiger partial charge in [-0.3, -0.25) is 0 Å². The van der Waals surface area contributed by atoms with Gasteiger partial charge in [-0.15, -0.1) is 0 Å². The number of benzene rings is 1. The zero-order valence-corrected chi connectivity index (χ0v) is 10.9. The Morgan fingerprint density at radius 2 is 2.18 bits per heavy atom. The van der Waals surface area contributed by atoms with E-state index in [4.69, 9.17) is 28.9 Å². The number of aryl methyl sites for hydroxylation is 1. The summed E-state index contributed by atoms with van der Waals surface area (Å²) in [4.78, 5) is 4.27. The van der Waals surface area contributed by atoms with Gasteiger partial charge in [0.05, 0.1) is 6.04 Å². The highest BCUT2D eigenvalue weighted by Crippen LogP contribution is 2.28. The Morgan fingerprint density at radius 3 is 2.82 bits per heavy atom. The molecule has 17 heavy (non-hydrogen) atoms. The van der Waals surface area contributed by atoms with E-state index in [1.807, 2.05) is 23.8 Å². The lowest BCUT2D eigenvalue weighted by atomic mass is 10.1. The number of rotatable bonds is 3. The molecule has 1 aromatic heterocycles. The predicted octanol–water partition coefficient (Wildman–Crippen LogP) is 3.26. The van der Waals surface area contributed by atoms with Gasteiger partial charge in [-0.1, -0.05) is 29.3 Å². The second kappa shape index (κ2) is 5.08. The van der Waals surface area contributed by atoms with Crippen molar-refractivity contribution in [3.8, 4) is 0 Å². The molecule has 0 bridgehead atoms. The smallest absolute Gasteiger partial charge is 0.130 e. The monoisotopic (exact) mass is 269 g/mol. The summed E-state index contributed by atoms with van der Waals surface area (Å²) >= 11 is 12.0. The Balaban J connectivity index is 2.40. The fourth-order valence-corrected chi connectivity index (χ4v) is 2.29. The summed E-state index contributed by atoms with van der Waals surface area (Å²) in [7, 11) is 0. The Kier molecular flexibility index (Phi) is 3.72. The summed E-state index contributed by atoms with van der Waals surface area (Å²) in [5.41, 5.74) is 7.01. The number of aromatic nitrogens is 2. The van der Waals surface area contributed by atoms with Crippen LogP contribution >= 0.6 is 23.2 Å². The lowest BCUT2D eigenvalue weighted by Gasteiger charge is -2.15. The topological polar surface area (TPSA) is 43.8 Å². The lowest BCUT2D eigenvalue weighted by Crippen LogP contribution is -2.17. The van der Waals surface area contributed by atoms with Gasteiger partial charge in [-0.25, -0.2) is 4.98 Å². The van der Waals surface area contributed by atoms with E-state index in [0.717, 1.165) is 17.9 Å². The van der Waals surface area contributed by atoms with Gasteiger partial charge in [-0.2, -0.15) is 0 Å². The molecule has 0 spiro atoms. The third-order valence-corrected chi connectivity index (χ3v) is 3.23. The van der Waals surface area contributed by atoms with Crippen LogP contribution in [0.25, 0.3) is 0 Å². The molecule has 2 N–H and O–H groups in total. The largest absolute Gasteiger partial charge is 0.334 e. The van der Waals surface area contributed by atoms with Gasteiger partial charge in [0.25, 0.3) is 0 Å². The van der Waals surface area contributed by atoms with Crippen LogP contribution in [-0.4, -0.2) is 9.55 Å². The van der Waals surface area contributed by atoms with Crippen molar-refractivity contribution in [3.05, 3.63) is 52.0 Å². The minimum absolute atomic E-state index is 0.338. The third-order valence-electron chi connectivity index (χ3n) is 2.66. The van der Waals surface area contributed by atoms with Crippen LogP contribution in [0.2, 0.25) is 10.0 Å². The van der Waals surface area contributed by atoms with E-state index < -0.39 is 0 Å². The van der Waals surface area contributed by atoms with Gasteiger partial charge in [0.2, 0.25) is 0 Å². The van der Waals surface area contributed by atoms with Crippen LogP contribution in [0.3, 0.4) is 0 Å². The summed E-state index contributed by atoms with van der Waals surface area (Å²) in [6.07, 6.45) is 3.64. The maximum Gasteiger partial charge on any atom is 0.130 e. The van der Waals surface area contributed by atoms with Gasteiger partial charge < -0.3 is 10.3 Å². The standard InChI is InChI=1S/C12H13Cl2N3/c1-2-17-6-5-16-12(17)11(15)9-4-3-8(13)7-10(9)14/h3-7,11H,2,15H2,1H3. The Bertz CT molecular complexity index is 522. The van der Waals surface area contributed by atoms with E-state index in [-0.39, 0.29) is 6.04 Å². The van der Waals surface area contributed by atoms with Crippen LogP contribution in [-0.2, 0) is 6.54 Å². The Labute approximate surface area is 110 Å². The summed E-state index contributed by atoms with van der Waals surface area (Å²) in [5.74, 6) is 0.803. The fourth-order valence-electron chi connectivity index (χ4n) is 1.76. The number of hydrogen-bond acceptors (Lipinski definition) is 2. The molecule has 0 radical (unpaired) electrons. The summed E-state index contributed by atoms with van der Waals surface area (Å²) in [6, 6.07) is 4.97. The van der Waals surface area contributed by atoms with E-state index in [1.54, 1.807) is 18.3 Å². The fraction of sp³-hybridized carbons (Fsp3) is 0.250. The van der Waals surface area contributed by atoms with E-state index in [9.17, 15) is 0 Å². The molecule has 0 fully saturated rings. The molecule has 1 heterocycles. The second-order valence-corrected chi connectivity index (χ2v) is 4.56. The van der Waals surface area contributed by atoms with Crippen molar-refractivity contribution < 1.29 is 0 Å². The first-order valence-corrected chi connectivity index (χ1v) is 6.10. The van der Waals surface area contributed by atoms with Gasteiger partial charge in [0.15, 0.2) is 0 Å². The molecular formula is C12H13Cl2N3. The average Bonchev–Trinajstić information content (AvgIpc) is 2.76. The van der Waals surface area contributed by atoms with Crippen LogP contribution in [0.1, 0.15) is 24.4 Å². The normalized spacial score (nSPS) is 12.7. The number of nitrogens with two attached hydrogens (primary N) is 1. The zero-order chi connectivity index (χ0) is 12.4. The number of halogens is 2. The lowest BCUT2D eigenvalue weighted by molar-refractivity contribution is 0.657. The maximum absolute atomic E-state index is 6.18. The number of imidazole rings is 1. The molecule has 1 atom stereocenters. The van der Waals surface area contributed by atoms with Crippen molar-refractivity contribution >= 4 is 23.2 Å². The molecule has 0 saturated carbocycles. The van der Waals surface area contributed by atoms with Crippen LogP contribution in [0.4, 0.5) is 0 Å². The molecule has 0 aliphatic carbocycles. The molecule has 0 aliphatic heterocycles. The minimum Gasteiger partial charge on any atom is -0.334 e. The van der Waals surface area contributed by atoms with Gasteiger partial charge in [0.1, 0.15) is 5.82 Å². The molecule has 2 rings (SSSR count). The summed E-state index contributed by atoms with van der Waals surface area (Å²) in [6.45, 7) is 2.87. The molecule has 1 aromatic carbocycles. The van der Waals surface area contributed by atoms with Crippen molar-refractivity contribution in [1.29, 1.82) is 0 Å². The Morgan fingerprint density at radius 1 is 1.41 bits per heavy atom. The molecule has 0 saturated heterocycles. The van der Waals surface area contributed by atoms with E-state index in [1.165, 1.54) is 0 Å². The van der Waals surface area contributed by atoms with Crippen molar-refractivity contribution in [2.24, 2.45) is 5.73 Å². The highest BCUT2D eigenvalue weighted by Gasteiger charge is 2.16. The predicted molar refractivity (Wildman–Crippen MR) is 70.4 cm³/mol. The molecular weight excluding hydrogens is 257 g/mol. The SMILES string of the molecule is CCn1ccnc1C(N)c1ccc(Cl)cc1Cl. The first-order chi connectivity index (χ1) is 8.13. The van der Waals surface area contributed by atoms with Crippen molar-refractivity contribution in [2.75, 3.05) is 0 Å². The van der Waals surface area contributed by atoms with E-state index in [0.29, 0.717) is 10.0 Å². The first-order valence-electron chi connectivity index (χ1n) is 5.35. The molecule has 0 aliphatic rings. The van der Waals surface area contributed by atoms with Crippen molar-refractivity contribution in [1.82, 2.24) is 9.55 Å². The number of nitrogens with zero attached hydrogens (tertiary/aromatic N) is 2. The van der Waals surface area contributed by atoms with Crippen molar-refractivity contribution in [2.45, 2.75) is 19.5 Å². The summed E-state index contributed by atoms with van der Waals surface area (Å²) in [5, 5.41) is 1.17. The van der Waals surface area contributed by atoms with Crippen LogP contribution < -0.4 is 5.73 Å². The van der Waals surface area contributed by atoms with Gasteiger partial charge >= 0.3 is 0 Å². The van der Waals surface area contributed by atoms with E-state index in [2.05, 4.69) is 4.98 Å². The zero-order valence-electron chi connectivity index (χ0n) is 9.40. The number of hydrogen-bond donors (Lipinski definition) is 1. The molecule has 1 unspecified atom stereocenters. The molecule has 5 heteroatoms. The molecule has 2 aromatic rings. The second-order valence-electron chi connectivity index (χ2n) is 3.71. The third kappa shape index (κ3) is 2.46. The van der Waals surface area contributed by atoms with E-state index >= 15 is 0 Å². The highest BCUT2D eigenvalue weighted by atomic mass is 35.5. The molecule has 90 valence electrons. The average molecular weight is 270 g/mol. The Hall–Kier alpha value is -1.03. The molecule has 3 nitrogen and oxygen atoms in total. The highest BCUT2D eigenvalue weighted by molar-refractivity contribution is 6.35. The maximum atomic E-state index is 6.18. The van der Waals surface area contributed by atoms with Crippen LogP contribution in [0, 0.1) is 0 Å². The minimum atomic E-state index is -0.338. The van der Waals surface area contributed by atoms with Crippen LogP contribution in [0.15, 0.2) is 30.6 Å². The first kappa shape index (κ1) is 12.4. The summed E-state index contributed by atoms with van der Waals surface area (Å²) < 4.78 is 2.00. The van der Waals surface area contributed by atoms with Crippen LogP contribution in [0.5, 0.6) is 0 Å².